The summed E-state index contributed by atoms with van der Waals surface area (Å²) in [4.78, 5) is 14.7. The van der Waals surface area contributed by atoms with Crippen LogP contribution in [0.25, 0.3) is 0 Å². The van der Waals surface area contributed by atoms with E-state index in [0.717, 1.165) is 18.8 Å². The van der Waals surface area contributed by atoms with E-state index in [1.807, 2.05) is 19.1 Å². The third kappa shape index (κ3) is 5.89. The molecule has 0 aromatic heterocycles. The predicted octanol–water partition coefficient (Wildman–Crippen LogP) is 4.35. The molecule has 1 N–H and O–H groups in total. The van der Waals surface area contributed by atoms with Crippen LogP contribution >= 0.6 is 0 Å². The van der Waals surface area contributed by atoms with Crippen molar-refractivity contribution in [2.45, 2.75) is 32.6 Å². The number of carbonyl (C=O) groups excluding carboxylic acids is 1. The van der Waals surface area contributed by atoms with Gasteiger partial charge in [0.05, 0.1) is 18.2 Å². The average molecular weight is 393 g/mol. The minimum absolute atomic E-state index is 0.139. The van der Waals surface area contributed by atoms with Gasteiger partial charge in [0.15, 0.2) is 18.1 Å². The molecule has 29 heavy (non-hydrogen) atoms. The molecule has 6 heteroatoms. The molecule has 0 saturated carbocycles. The molecule has 1 amide bonds. The van der Waals surface area contributed by atoms with Gasteiger partial charge in [0.1, 0.15) is 0 Å². The zero-order valence-electron chi connectivity index (χ0n) is 16.8. The minimum atomic E-state index is -0.251. The standard InChI is InChI=1S/C23H27N3O3/c1-2-28-22-15-18(16-24)7-12-21(22)29-17-23(27)25-19-8-10-20(11-9-19)26-13-5-3-4-6-14-26/h7-12,15H,2-6,13-14,17H2,1H3,(H,25,27). The summed E-state index contributed by atoms with van der Waals surface area (Å²) in [6, 6.07) is 14.9. The van der Waals surface area contributed by atoms with Gasteiger partial charge in [-0.05, 0) is 56.2 Å². The molecule has 152 valence electrons. The summed E-state index contributed by atoms with van der Waals surface area (Å²) < 4.78 is 11.1. The Morgan fingerprint density at radius 2 is 1.76 bits per heavy atom. The molecule has 0 bridgehead atoms. The van der Waals surface area contributed by atoms with Crippen LogP contribution in [0.2, 0.25) is 0 Å². The number of nitrogens with zero attached hydrogens (tertiary/aromatic N) is 2. The second-order valence-corrected chi connectivity index (χ2v) is 6.99. The third-order valence-electron chi connectivity index (χ3n) is 4.85. The Hall–Kier alpha value is -3.20. The predicted molar refractivity (Wildman–Crippen MR) is 114 cm³/mol. The van der Waals surface area contributed by atoms with Gasteiger partial charge in [-0.25, -0.2) is 0 Å². The van der Waals surface area contributed by atoms with Gasteiger partial charge in [0.25, 0.3) is 5.91 Å². The van der Waals surface area contributed by atoms with Crippen LogP contribution in [0.5, 0.6) is 11.5 Å². The van der Waals surface area contributed by atoms with Crippen LogP contribution in [0.3, 0.4) is 0 Å². The molecule has 0 atom stereocenters. The molecule has 6 nitrogen and oxygen atoms in total. The summed E-state index contributed by atoms with van der Waals surface area (Å²) in [7, 11) is 0. The summed E-state index contributed by atoms with van der Waals surface area (Å²) >= 11 is 0. The lowest BCUT2D eigenvalue weighted by atomic mass is 10.2. The highest BCUT2D eigenvalue weighted by molar-refractivity contribution is 5.92. The Morgan fingerprint density at radius 1 is 1.03 bits per heavy atom. The highest BCUT2D eigenvalue weighted by Gasteiger charge is 2.12. The van der Waals surface area contributed by atoms with Crippen molar-refractivity contribution in [3.05, 3.63) is 48.0 Å². The van der Waals surface area contributed by atoms with E-state index in [4.69, 9.17) is 14.7 Å². The normalized spacial score (nSPS) is 13.9. The van der Waals surface area contributed by atoms with Crippen molar-refractivity contribution < 1.29 is 14.3 Å². The number of hydrogen-bond donors (Lipinski definition) is 1. The van der Waals surface area contributed by atoms with E-state index in [9.17, 15) is 4.79 Å². The summed E-state index contributed by atoms with van der Waals surface area (Å²) in [6.45, 7) is 4.34. The van der Waals surface area contributed by atoms with E-state index in [1.165, 1.54) is 31.4 Å². The van der Waals surface area contributed by atoms with Crippen molar-refractivity contribution >= 4 is 17.3 Å². The van der Waals surface area contributed by atoms with Crippen molar-refractivity contribution in [3.8, 4) is 17.6 Å². The molecule has 1 heterocycles. The van der Waals surface area contributed by atoms with E-state index >= 15 is 0 Å². The van der Waals surface area contributed by atoms with Crippen molar-refractivity contribution in [1.29, 1.82) is 5.26 Å². The molecule has 2 aromatic carbocycles. The second kappa shape index (κ2) is 10.4. The molecule has 3 rings (SSSR count). The van der Waals surface area contributed by atoms with Crippen LogP contribution in [0.4, 0.5) is 11.4 Å². The first-order valence-corrected chi connectivity index (χ1v) is 10.1. The molecule has 0 aliphatic carbocycles. The Bertz CT molecular complexity index is 851. The van der Waals surface area contributed by atoms with E-state index in [2.05, 4.69) is 28.4 Å². The number of rotatable bonds is 7. The minimum Gasteiger partial charge on any atom is -0.490 e. The van der Waals surface area contributed by atoms with Crippen LogP contribution in [0.1, 0.15) is 38.2 Å². The molecule has 0 unspecified atom stereocenters. The highest BCUT2D eigenvalue weighted by Crippen LogP contribution is 2.28. The fourth-order valence-corrected chi connectivity index (χ4v) is 3.39. The Labute approximate surface area is 172 Å². The molecule has 1 aliphatic heterocycles. The molecule has 1 fully saturated rings. The molecular weight excluding hydrogens is 366 g/mol. The van der Waals surface area contributed by atoms with Crippen molar-refractivity contribution in [2.24, 2.45) is 0 Å². The summed E-state index contributed by atoms with van der Waals surface area (Å²) in [5, 5.41) is 11.9. The van der Waals surface area contributed by atoms with Crippen molar-refractivity contribution in [1.82, 2.24) is 0 Å². The second-order valence-electron chi connectivity index (χ2n) is 6.99. The Kier molecular flexibility index (Phi) is 7.34. The number of anilines is 2. The molecular formula is C23H27N3O3. The summed E-state index contributed by atoms with van der Waals surface area (Å²) in [5.74, 6) is 0.651. The zero-order valence-corrected chi connectivity index (χ0v) is 16.8. The number of benzene rings is 2. The van der Waals surface area contributed by atoms with Gasteiger partial charge < -0.3 is 19.7 Å². The smallest absolute Gasteiger partial charge is 0.262 e. The molecule has 0 radical (unpaired) electrons. The van der Waals surface area contributed by atoms with E-state index in [-0.39, 0.29) is 12.5 Å². The number of hydrogen-bond acceptors (Lipinski definition) is 5. The SMILES string of the molecule is CCOc1cc(C#N)ccc1OCC(=O)Nc1ccc(N2CCCCCC2)cc1. The monoisotopic (exact) mass is 393 g/mol. The van der Waals surface area contributed by atoms with Gasteiger partial charge in [0.2, 0.25) is 0 Å². The van der Waals surface area contributed by atoms with Crippen LogP contribution in [-0.4, -0.2) is 32.2 Å². The van der Waals surface area contributed by atoms with Gasteiger partial charge in [-0.2, -0.15) is 5.26 Å². The van der Waals surface area contributed by atoms with Gasteiger partial charge in [-0.15, -0.1) is 0 Å². The van der Waals surface area contributed by atoms with Gasteiger partial charge in [-0.3, -0.25) is 4.79 Å². The summed E-state index contributed by atoms with van der Waals surface area (Å²) in [6.07, 6.45) is 5.06. The zero-order chi connectivity index (χ0) is 20.5. The third-order valence-corrected chi connectivity index (χ3v) is 4.85. The van der Waals surface area contributed by atoms with Gasteiger partial charge >= 0.3 is 0 Å². The Balaban J connectivity index is 1.55. The lowest BCUT2D eigenvalue weighted by molar-refractivity contribution is -0.118. The van der Waals surface area contributed by atoms with E-state index in [0.29, 0.717) is 23.7 Å². The van der Waals surface area contributed by atoms with Crippen molar-refractivity contribution in [2.75, 3.05) is 36.5 Å². The maximum atomic E-state index is 12.3. The van der Waals surface area contributed by atoms with E-state index in [1.54, 1.807) is 18.2 Å². The fourth-order valence-electron chi connectivity index (χ4n) is 3.39. The van der Waals surface area contributed by atoms with Crippen LogP contribution in [-0.2, 0) is 4.79 Å². The van der Waals surface area contributed by atoms with Crippen LogP contribution in [0.15, 0.2) is 42.5 Å². The molecule has 1 saturated heterocycles. The topological polar surface area (TPSA) is 74.6 Å². The fraction of sp³-hybridized carbons (Fsp3) is 0.391. The lowest BCUT2D eigenvalue weighted by Gasteiger charge is -2.22. The summed E-state index contributed by atoms with van der Waals surface area (Å²) in [5.41, 5.74) is 2.41. The van der Waals surface area contributed by atoms with E-state index < -0.39 is 0 Å². The number of amides is 1. The molecule has 0 spiro atoms. The average Bonchev–Trinajstić information content (AvgIpc) is 3.03. The molecule has 2 aromatic rings. The van der Waals surface area contributed by atoms with Crippen molar-refractivity contribution in [3.63, 3.8) is 0 Å². The first kappa shape index (κ1) is 20.5. The number of ether oxygens (including phenoxy) is 2. The highest BCUT2D eigenvalue weighted by atomic mass is 16.5. The molecule has 1 aliphatic rings. The van der Waals surface area contributed by atoms with Crippen LogP contribution < -0.4 is 19.7 Å². The lowest BCUT2D eigenvalue weighted by Crippen LogP contribution is -2.24. The first-order chi connectivity index (χ1) is 14.2. The Morgan fingerprint density at radius 3 is 2.41 bits per heavy atom. The number of carbonyl (C=O) groups is 1. The largest absolute Gasteiger partial charge is 0.490 e. The van der Waals surface area contributed by atoms with Gasteiger partial charge in [0, 0.05) is 30.5 Å². The number of nitriles is 1. The first-order valence-electron chi connectivity index (χ1n) is 10.1. The van der Waals surface area contributed by atoms with Gasteiger partial charge in [-0.1, -0.05) is 12.8 Å². The quantitative estimate of drug-likeness (QED) is 0.757. The van der Waals surface area contributed by atoms with Crippen LogP contribution in [0, 0.1) is 11.3 Å². The number of nitrogens with one attached hydrogen (secondary N) is 1. The maximum Gasteiger partial charge on any atom is 0.262 e. The maximum absolute atomic E-state index is 12.3.